The van der Waals surface area contributed by atoms with E-state index in [-0.39, 0.29) is 12.7 Å². The number of hydrogen-bond acceptors (Lipinski definition) is 2. The van der Waals surface area contributed by atoms with Gasteiger partial charge in [-0.05, 0) is 12.8 Å². The van der Waals surface area contributed by atoms with Crippen LogP contribution in [0.15, 0.2) is 24.3 Å². The highest BCUT2D eigenvalue weighted by Gasteiger charge is 1.88. The predicted octanol–water partition coefficient (Wildman–Crippen LogP) is 1.25. The van der Waals surface area contributed by atoms with Crippen molar-refractivity contribution >= 4 is 0 Å². The molecule has 0 aliphatic rings. The lowest BCUT2D eigenvalue weighted by Gasteiger charge is -1.96. The molecule has 64 valence electrons. The summed E-state index contributed by atoms with van der Waals surface area (Å²) in [7, 11) is 0. The largest absolute Gasteiger partial charge is 0.396 e. The second-order valence-corrected chi connectivity index (χ2v) is 2.30. The molecule has 0 saturated heterocycles. The molecule has 0 fully saturated rings. The monoisotopic (exact) mass is 156 g/mol. The van der Waals surface area contributed by atoms with E-state index >= 15 is 0 Å². The summed E-state index contributed by atoms with van der Waals surface area (Å²) in [5.41, 5.74) is 0. The van der Waals surface area contributed by atoms with Crippen LogP contribution in [0.2, 0.25) is 0 Å². The third-order valence-corrected chi connectivity index (χ3v) is 1.29. The topological polar surface area (TPSA) is 40.5 Å². The Morgan fingerprint density at radius 2 is 2.09 bits per heavy atom. The minimum Gasteiger partial charge on any atom is -0.396 e. The van der Waals surface area contributed by atoms with Crippen molar-refractivity contribution in [1.29, 1.82) is 0 Å². The van der Waals surface area contributed by atoms with Gasteiger partial charge in [0.2, 0.25) is 0 Å². The average molecular weight is 156 g/mol. The molecule has 0 aromatic carbocycles. The van der Waals surface area contributed by atoms with Crippen LogP contribution in [0, 0.1) is 0 Å². The third-order valence-electron chi connectivity index (χ3n) is 1.29. The Morgan fingerprint density at radius 1 is 1.36 bits per heavy atom. The Morgan fingerprint density at radius 3 is 2.64 bits per heavy atom. The van der Waals surface area contributed by atoms with E-state index in [1.165, 1.54) is 0 Å². The van der Waals surface area contributed by atoms with Crippen molar-refractivity contribution in [2.24, 2.45) is 0 Å². The minimum absolute atomic E-state index is 0.181. The highest BCUT2D eigenvalue weighted by Crippen LogP contribution is 1.92. The third kappa shape index (κ3) is 7.30. The van der Waals surface area contributed by atoms with Gasteiger partial charge in [0.1, 0.15) is 0 Å². The van der Waals surface area contributed by atoms with Gasteiger partial charge < -0.3 is 10.2 Å². The first-order valence-electron chi connectivity index (χ1n) is 3.93. The molecule has 1 unspecified atom stereocenters. The van der Waals surface area contributed by atoms with Crippen LogP contribution >= 0.6 is 0 Å². The minimum atomic E-state index is -0.339. The van der Waals surface area contributed by atoms with Gasteiger partial charge in [-0.3, -0.25) is 0 Å². The zero-order valence-corrected chi connectivity index (χ0v) is 6.90. The molecule has 1 atom stereocenters. The second kappa shape index (κ2) is 7.51. The lowest BCUT2D eigenvalue weighted by molar-refractivity contribution is 0.219. The van der Waals surface area contributed by atoms with E-state index in [1.54, 1.807) is 12.2 Å². The van der Waals surface area contributed by atoms with Crippen LogP contribution in [-0.2, 0) is 0 Å². The molecule has 0 aromatic rings. The molecule has 0 aromatic heterocycles. The summed E-state index contributed by atoms with van der Waals surface area (Å²) in [5.74, 6) is 0. The number of aliphatic hydroxyl groups is 2. The van der Waals surface area contributed by atoms with Gasteiger partial charge in [-0.2, -0.15) is 0 Å². The number of rotatable bonds is 5. The SMILES string of the molecule is CCC(O)C=CC=CCCO. The maximum atomic E-state index is 9.04. The Balaban J connectivity index is 3.42. The fraction of sp³-hybridized carbons (Fsp3) is 0.556. The average Bonchev–Trinajstić information content (AvgIpc) is 2.04. The van der Waals surface area contributed by atoms with Crippen LogP contribution in [0.5, 0.6) is 0 Å². The molecule has 0 bridgehead atoms. The molecule has 0 amide bonds. The van der Waals surface area contributed by atoms with Gasteiger partial charge >= 0.3 is 0 Å². The summed E-state index contributed by atoms with van der Waals surface area (Å²) in [4.78, 5) is 0. The summed E-state index contributed by atoms with van der Waals surface area (Å²) in [6.45, 7) is 2.10. The first kappa shape index (κ1) is 10.4. The Hall–Kier alpha value is -0.600. The number of aliphatic hydroxyl groups excluding tert-OH is 2. The zero-order chi connectivity index (χ0) is 8.53. The summed E-state index contributed by atoms with van der Waals surface area (Å²) < 4.78 is 0. The maximum absolute atomic E-state index is 9.04. The molecule has 2 N–H and O–H groups in total. The van der Waals surface area contributed by atoms with Crippen LogP contribution in [0.3, 0.4) is 0 Å². The highest BCUT2D eigenvalue weighted by molar-refractivity contribution is 5.04. The normalized spacial score (nSPS) is 14.8. The quantitative estimate of drug-likeness (QED) is 0.588. The predicted molar refractivity (Wildman–Crippen MR) is 46.3 cm³/mol. The molecular weight excluding hydrogens is 140 g/mol. The Kier molecular flexibility index (Phi) is 7.10. The van der Waals surface area contributed by atoms with E-state index in [4.69, 9.17) is 10.2 Å². The lowest BCUT2D eigenvalue weighted by atomic mass is 10.2. The van der Waals surface area contributed by atoms with Crippen molar-refractivity contribution in [3.8, 4) is 0 Å². The molecule has 2 heteroatoms. The standard InChI is InChI=1S/C9H16O2/c1-2-9(11)7-5-3-4-6-8-10/h3-5,7,9-11H,2,6,8H2,1H3. The van der Waals surface area contributed by atoms with E-state index in [0.717, 1.165) is 6.42 Å². The van der Waals surface area contributed by atoms with Crippen molar-refractivity contribution in [2.75, 3.05) is 6.61 Å². The molecule has 0 rings (SSSR count). The van der Waals surface area contributed by atoms with Crippen LogP contribution in [0.1, 0.15) is 19.8 Å². The molecule has 0 saturated carbocycles. The maximum Gasteiger partial charge on any atom is 0.0721 e. The molecular formula is C9H16O2. The van der Waals surface area contributed by atoms with Crippen molar-refractivity contribution in [3.63, 3.8) is 0 Å². The fourth-order valence-corrected chi connectivity index (χ4v) is 0.578. The van der Waals surface area contributed by atoms with Crippen LogP contribution in [0.4, 0.5) is 0 Å². The Labute approximate surface area is 67.9 Å². The van der Waals surface area contributed by atoms with E-state index in [9.17, 15) is 0 Å². The van der Waals surface area contributed by atoms with Gasteiger partial charge in [0, 0.05) is 6.61 Å². The lowest BCUT2D eigenvalue weighted by Crippen LogP contribution is -1.97. The molecule has 0 aliphatic carbocycles. The first-order valence-corrected chi connectivity index (χ1v) is 3.93. The van der Waals surface area contributed by atoms with Crippen LogP contribution in [0.25, 0.3) is 0 Å². The van der Waals surface area contributed by atoms with Crippen molar-refractivity contribution in [3.05, 3.63) is 24.3 Å². The molecule has 0 heterocycles. The van der Waals surface area contributed by atoms with Crippen molar-refractivity contribution in [1.82, 2.24) is 0 Å². The van der Waals surface area contributed by atoms with Crippen LogP contribution in [-0.4, -0.2) is 22.9 Å². The van der Waals surface area contributed by atoms with Gasteiger partial charge in [0.05, 0.1) is 6.10 Å². The first-order chi connectivity index (χ1) is 5.31. The molecule has 2 nitrogen and oxygen atoms in total. The summed E-state index contributed by atoms with van der Waals surface area (Å²) in [5, 5.41) is 17.4. The smallest absolute Gasteiger partial charge is 0.0721 e. The fourth-order valence-electron chi connectivity index (χ4n) is 0.578. The summed E-state index contributed by atoms with van der Waals surface area (Å²) in [6, 6.07) is 0. The molecule has 0 spiro atoms. The second-order valence-electron chi connectivity index (χ2n) is 2.30. The van der Waals surface area contributed by atoms with Crippen molar-refractivity contribution < 1.29 is 10.2 Å². The zero-order valence-electron chi connectivity index (χ0n) is 6.90. The van der Waals surface area contributed by atoms with Crippen molar-refractivity contribution in [2.45, 2.75) is 25.9 Å². The number of allylic oxidation sites excluding steroid dienone is 2. The summed E-state index contributed by atoms with van der Waals surface area (Å²) in [6.07, 6.45) is 8.29. The van der Waals surface area contributed by atoms with E-state index in [1.807, 2.05) is 19.1 Å². The molecule has 0 radical (unpaired) electrons. The number of hydrogen-bond donors (Lipinski definition) is 2. The van der Waals surface area contributed by atoms with E-state index < -0.39 is 0 Å². The van der Waals surface area contributed by atoms with Gasteiger partial charge in [0.25, 0.3) is 0 Å². The molecule has 0 aliphatic heterocycles. The van der Waals surface area contributed by atoms with E-state index in [2.05, 4.69) is 0 Å². The van der Waals surface area contributed by atoms with Gasteiger partial charge in [-0.25, -0.2) is 0 Å². The van der Waals surface area contributed by atoms with Crippen LogP contribution < -0.4 is 0 Å². The molecule has 11 heavy (non-hydrogen) atoms. The van der Waals surface area contributed by atoms with Gasteiger partial charge in [-0.1, -0.05) is 31.2 Å². The Bertz CT molecular complexity index is 128. The highest BCUT2D eigenvalue weighted by atomic mass is 16.3. The van der Waals surface area contributed by atoms with E-state index in [0.29, 0.717) is 6.42 Å². The van der Waals surface area contributed by atoms with Gasteiger partial charge in [-0.15, -0.1) is 0 Å². The summed E-state index contributed by atoms with van der Waals surface area (Å²) >= 11 is 0. The van der Waals surface area contributed by atoms with Gasteiger partial charge in [0.15, 0.2) is 0 Å².